The molecule has 148 valence electrons. The van der Waals surface area contributed by atoms with Crippen molar-refractivity contribution in [3.05, 3.63) is 53.5 Å². The molecule has 1 aromatic carbocycles. The first-order valence-electron chi connectivity index (χ1n) is 8.60. The Morgan fingerprint density at radius 3 is 2.68 bits per heavy atom. The number of halogens is 3. The van der Waals surface area contributed by atoms with Crippen LogP contribution >= 0.6 is 0 Å². The number of alkyl halides is 3. The predicted octanol–water partition coefficient (Wildman–Crippen LogP) is 4.06. The van der Waals surface area contributed by atoms with Gasteiger partial charge in [-0.1, -0.05) is 0 Å². The first kappa shape index (κ1) is 18.9. The molecule has 1 aliphatic heterocycles. The van der Waals surface area contributed by atoms with Gasteiger partial charge in [0, 0.05) is 29.8 Å². The first-order chi connectivity index (χ1) is 13.0. The molecule has 0 unspecified atom stereocenters. The Balaban J connectivity index is 1.89. The van der Waals surface area contributed by atoms with Crippen LogP contribution in [0.2, 0.25) is 0 Å². The third-order valence-corrected chi connectivity index (χ3v) is 6.70. The molecule has 0 atom stereocenters. The SMILES string of the molecule is CC1(C)NCCc2c1oc1cc(S(=O)(=O)c3cccnc3C(F)(F)F)ccc21. The van der Waals surface area contributed by atoms with Crippen molar-refractivity contribution in [2.45, 2.75) is 41.8 Å². The molecule has 0 saturated carbocycles. The van der Waals surface area contributed by atoms with Gasteiger partial charge < -0.3 is 9.73 Å². The van der Waals surface area contributed by atoms with Crippen LogP contribution in [0.5, 0.6) is 0 Å². The third kappa shape index (κ3) is 2.89. The summed E-state index contributed by atoms with van der Waals surface area (Å²) in [5, 5.41) is 4.09. The number of fused-ring (bicyclic) bond motifs is 3. The predicted molar refractivity (Wildman–Crippen MR) is 95.6 cm³/mol. The fraction of sp³-hybridized carbons (Fsp3) is 0.316. The van der Waals surface area contributed by atoms with E-state index in [1.807, 2.05) is 13.8 Å². The van der Waals surface area contributed by atoms with Crippen molar-refractivity contribution in [3.63, 3.8) is 0 Å². The molecule has 3 aromatic rings. The maximum Gasteiger partial charge on any atom is 0.434 e. The molecule has 1 N–H and O–H groups in total. The van der Waals surface area contributed by atoms with Gasteiger partial charge in [-0.05, 0) is 44.5 Å². The summed E-state index contributed by atoms with van der Waals surface area (Å²) >= 11 is 0. The van der Waals surface area contributed by atoms with Gasteiger partial charge in [-0.3, -0.25) is 4.98 Å². The zero-order valence-corrected chi connectivity index (χ0v) is 15.9. The second-order valence-electron chi connectivity index (χ2n) is 7.22. The van der Waals surface area contributed by atoms with Gasteiger partial charge in [-0.2, -0.15) is 13.2 Å². The number of hydrogen-bond acceptors (Lipinski definition) is 5. The number of nitrogens with zero attached hydrogens (tertiary/aromatic N) is 1. The third-order valence-electron chi connectivity index (χ3n) is 4.91. The summed E-state index contributed by atoms with van der Waals surface area (Å²) in [7, 11) is -4.43. The van der Waals surface area contributed by atoms with Crippen molar-refractivity contribution in [3.8, 4) is 0 Å². The molecule has 0 fully saturated rings. The monoisotopic (exact) mass is 410 g/mol. The van der Waals surface area contributed by atoms with E-state index in [0.717, 1.165) is 36.2 Å². The number of aromatic nitrogens is 1. The van der Waals surface area contributed by atoms with Crippen molar-refractivity contribution in [1.29, 1.82) is 0 Å². The van der Waals surface area contributed by atoms with E-state index < -0.39 is 32.1 Å². The fourth-order valence-electron chi connectivity index (χ4n) is 3.58. The van der Waals surface area contributed by atoms with Crippen molar-refractivity contribution >= 4 is 20.8 Å². The average molecular weight is 410 g/mol. The summed E-state index contributed by atoms with van der Waals surface area (Å²) in [5.74, 6) is 0.709. The molecule has 0 bridgehead atoms. The number of sulfone groups is 1. The van der Waals surface area contributed by atoms with Crippen LogP contribution in [0.3, 0.4) is 0 Å². The van der Waals surface area contributed by atoms with Crippen molar-refractivity contribution < 1.29 is 26.0 Å². The fourth-order valence-corrected chi connectivity index (χ4v) is 5.02. The zero-order valence-electron chi connectivity index (χ0n) is 15.1. The van der Waals surface area contributed by atoms with Crippen LogP contribution in [0, 0.1) is 0 Å². The Bertz CT molecular complexity index is 1180. The Labute approximate surface area is 159 Å². The van der Waals surface area contributed by atoms with Crippen LogP contribution in [0.1, 0.15) is 30.9 Å². The molecular formula is C19H17F3N2O3S. The van der Waals surface area contributed by atoms with Gasteiger partial charge in [0.05, 0.1) is 10.4 Å². The molecular weight excluding hydrogens is 393 g/mol. The Morgan fingerprint density at radius 2 is 1.96 bits per heavy atom. The maximum atomic E-state index is 13.2. The lowest BCUT2D eigenvalue weighted by molar-refractivity contribution is -0.143. The lowest BCUT2D eigenvalue weighted by Crippen LogP contribution is -2.41. The van der Waals surface area contributed by atoms with Gasteiger partial charge in [-0.15, -0.1) is 0 Å². The highest BCUT2D eigenvalue weighted by Gasteiger charge is 2.39. The molecule has 4 rings (SSSR count). The van der Waals surface area contributed by atoms with Crippen LogP contribution < -0.4 is 5.32 Å². The quantitative estimate of drug-likeness (QED) is 0.690. The Hall–Kier alpha value is -2.39. The highest BCUT2D eigenvalue weighted by atomic mass is 32.2. The summed E-state index contributed by atoms with van der Waals surface area (Å²) in [6, 6.07) is 6.27. The summed E-state index contributed by atoms with van der Waals surface area (Å²) in [5.41, 5.74) is -0.530. The smallest absolute Gasteiger partial charge is 0.434 e. The van der Waals surface area contributed by atoms with Gasteiger partial charge >= 0.3 is 6.18 Å². The van der Waals surface area contributed by atoms with E-state index in [4.69, 9.17) is 4.42 Å². The number of furan rings is 1. The van der Waals surface area contributed by atoms with Gasteiger partial charge in [0.2, 0.25) is 9.84 Å². The molecule has 3 heterocycles. The molecule has 0 aliphatic carbocycles. The van der Waals surface area contributed by atoms with E-state index in [2.05, 4.69) is 10.3 Å². The van der Waals surface area contributed by atoms with E-state index in [9.17, 15) is 21.6 Å². The largest absolute Gasteiger partial charge is 0.459 e. The van der Waals surface area contributed by atoms with E-state index in [0.29, 0.717) is 11.3 Å². The second-order valence-corrected chi connectivity index (χ2v) is 9.14. The molecule has 0 saturated heterocycles. The molecule has 5 nitrogen and oxygen atoms in total. The Morgan fingerprint density at radius 1 is 1.21 bits per heavy atom. The maximum absolute atomic E-state index is 13.2. The molecule has 2 aromatic heterocycles. The van der Waals surface area contributed by atoms with Crippen LogP contribution in [0.15, 0.2) is 50.7 Å². The van der Waals surface area contributed by atoms with Gasteiger partial charge in [0.15, 0.2) is 5.69 Å². The standard InChI is InChI=1S/C19H17F3N2O3S/c1-18(2)17-13(7-9-24-18)12-6-5-11(10-14(12)27-17)28(25,26)15-4-3-8-23-16(15)19(20,21)22/h3-6,8,10,24H,7,9H2,1-2H3. The summed E-state index contributed by atoms with van der Waals surface area (Å²) in [6.07, 6.45) is -3.24. The number of hydrogen-bond donors (Lipinski definition) is 1. The second kappa shape index (κ2) is 6.05. The minimum atomic E-state index is -4.88. The van der Waals surface area contributed by atoms with Crippen LogP contribution in [0.25, 0.3) is 11.0 Å². The molecule has 28 heavy (non-hydrogen) atoms. The summed E-state index contributed by atoms with van der Waals surface area (Å²) in [4.78, 5) is 2.10. The highest BCUT2D eigenvalue weighted by molar-refractivity contribution is 7.91. The number of rotatable bonds is 2. The number of nitrogens with one attached hydrogen (secondary N) is 1. The molecule has 0 spiro atoms. The molecule has 0 amide bonds. The normalized spacial score (nSPS) is 16.9. The Kier molecular flexibility index (Phi) is 4.10. The lowest BCUT2D eigenvalue weighted by Gasteiger charge is -2.29. The topological polar surface area (TPSA) is 72.2 Å². The van der Waals surface area contributed by atoms with E-state index in [1.165, 1.54) is 18.2 Å². The van der Waals surface area contributed by atoms with Crippen LogP contribution in [-0.2, 0) is 28.0 Å². The lowest BCUT2D eigenvalue weighted by atomic mass is 9.91. The van der Waals surface area contributed by atoms with E-state index in [1.54, 1.807) is 6.07 Å². The number of pyridine rings is 1. The minimum Gasteiger partial charge on any atom is -0.459 e. The van der Waals surface area contributed by atoms with Crippen molar-refractivity contribution in [2.75, 3.05) is 6.54 Å². The average Bonchev–Trinajstić information content (AvgIpc) is 3.00. The van der Waals surface area contributed by atoms with Gasteiger partial charge in [0.1, 0.15) is 16.2 Å². The highest BCUT2D eigenvalue weighted by Crippen LogP contribution is 2.39. The molecule has 0 radical (unpaired) electrons. The van der Waals surface area contributed by atoms with Gasteiger partial charge in [-0.25, -0.2) is 8.42 Å². The van der Waals surface area contributed by atoms with E-state index in [-0.39, 0.29) is 4.90 Å². The summed E-state index contributed by atoms with van der Waals surface area (Å²) < 4.78 is 71.5. The van der Waals surface area contributed by atoms with Gasteiger partial charge in [0.25, 0.3) is 0 Å². The summed E-state index contributed by atoms with van der Waals surface area (Å²) in [6.45, 7) is 4.66. The number of benzene rings is 1. The van der Waals surface area contributed by atoms with Crippen molar-refractivity contribution in [1.82, 2.24) is 10.3 Å². The molecule has 9 heteroatoms. The van der Waals surface area contributed by atoms with E-state index >= 15 is 0 Å². The van der Waals surface area contributed by atoms with Crippen molar-refractivity contribution in [2.24, 2.45) is 0 Å². The van der Waals surface area contributed by atoms with Crippen LogP contribution in [-0.4, -0.2) is 19.9 Å². The van der Waals surface area contributed by atoms with Crippen LogP contribution in [0.4, 0.5) is 13.2 Å². The first-order valence-corrected chi connectivity index (χ1v) is 10.1. The minimum absolute atomic E-state index is 0.268. The zero-order chi connectivity index (χ0) is 20.3. The molecule has 1 aliphatic rings.